The molecule has 3 N–H and O–H groups in total. The predicted octanol–water partition coefficient (Wildman–Crippen LogP) is 0.167. The van der Waals surface area contributed by atoms with Gasteiger partial charge in [-0.05, 0) is 19.8 Å². The summed E-state index contributed by atoms with van der Waals surface area (Å²) in [4.78, 5) is 10.0. The average molecular weight is 145 g/mol. The summed E-state index contributed by atoms with van der Waals surface area (Å²) < 4.78 is 0. The standard InChI is InChI=1S/C6H11NO3/c1-6(10)2-4(3-6)7-5(8)9/h4,7,10H,2-3H2,1H3,(H,8,9)/t4-,6+. The van der Waals surface area contributed by atoms with Crippen LogP contribution in [0.1, 0.15) is 19.8 Å². The van der Waals surface area contributed by atoms with Crippen molar-refractivity contribution in [1.82, 2.24) is 5.32 Å². The molecule has 0 aromatic heterocycles. The molecule has 4 heteroatoms. The minimum Gasteiger partial charge on any atom is -0.465 e. The van der Waals surface area contributed by atoms with Crippen molar-refractivity contribution >= 4 is 6.09 Å². The summed E-state index contributed by atoms with van der Waals surface area (Å²) in [7, 11) is 0. The first kappa shape index (κ1) is 7.34. The van der Waals surface area contributed by atoms with E-state index in [2.05, 4.69) is 5.32 Å². The smallest absolute Gasteiger partial charge is 0.404 e. The molecule has 10 heavy (non-hydrogen) atoms. The molecule has 0 spiro atoms. The van der Waals surface area contributed by atoms with Crippen molar-refractivity contribution in [2.75, 3.05) is 0 Å². The molecular formula is C6H11NO3. The molecule has 1 amide bonds. The van der Waals surface area contributed by atoms with Crippen molar-refractivity contribution in [2.24, 2.45) is 0 Å². The first-order valence-electron chi connectivity index (χ1n) is 3.21. The maximum Gasteiger partial charge on any atom is 0.404 e. The molecule has 58 valence electrons. The molecule has 0 unspecified atom stereocenters. The number of rotatable bonds is 1. The number of amides is 1. The van der Waals surface area contributed by atoms with Crippen molar-refractivity contribution < 1.29 is 15.0 Å². The van der Waals surface area contributed by atoms with E-state index in [0.717, 1.165) is 0 Å². The molecule has 1 aliphatic rings. The number of carboxylic acid groups (broad SMARTS) is 1. The van der Waals surface area contributed by atoms with Crippen molar-refractivity contribution in [3.63, 3.8) is 0 Å². The van der Waals surface area contributed by atoms with Crippen LogP contribution in [0.15, 0.2) is 0 Å². The van der Waals surface area contributed by atoms with Crippen LogP contribution in [0.25, 0.3) is 0 Å². The number of carbonyl (C=O) groups is 1. The van der Waals surface area contributed by atoms with Gasteiger partial charge in [-0.3, -0.25) is 0 Å². The lowest BCUT2D eigenvalue weighted by molar-refractivity contribution is -0.0369. The van der Waals surface area contributed by atoms with E-state index in [1.807, 2.05) is 0 Å². The van der Waals surface area contributed by atoms with Gasteiger partial charge in [-0.15, -0.1) is 0 Å². The maximum atomic E-state index is 10.0. The molecular weight excluding hydrogens is 134 g/mol. The summed E-state index contributed by atoms with van der Waals surface area (Å²) in [6, 6.07) is -0.0486. The summed E-state index contributed by atoms with van der Waals surface area (Å²) in [6.07, 6.45) is 0.0407. The molecule has 0 bridgehead atoms. The second-order valence-electron chi connectivity index (χ2n) is 3.05. The SMILES string of the molecule is C[C@]1(O)C[C@@H](NC(=O)O)C1. The highest BCUT2D eigenvalue weighted by atomic mass is 16.4. The lowest BCUT2D eigenvalue weighted by Crippen LogP contribution is -2.53. The van der Waals surface area contributed by atoms with Crippen LogP contribution in [0, 0.1) is 0 Å². The Morgan fingerprint density at radius 2 is 2.20 bits per heavy atom. The van der Waals surface area contributed by atoms with Gasteiger partial charge in [0, 0.05) is 6.04 Å². The Hall–Kier alpha value is -0.770. The van der Waals surface area contributed by atoms with Crippen molar-refractivity contribution in [3.05, 3.63) is 0 Å². The van der Waals surface area contributed by atoms with E-state index in [1.54, 1.807) is 6.92 Å². The van der Waals surface area contributed by atoms with Gasteiger partial charge in [-0.25, -0.2) is 4.79 Å². The summed E-state index contributed by atoms with van der Waals surface area (Å²) in [5, 5.41) is 19.7. The molecule has 4 nitrogen and oxygen atoms in total. The Balaban J connectivity index is 2.21. The fourth-order valence-corrected chi connectivity index (χ4v) is 1.28. The number of nitrogens with one attached hydrogen (secondary N) is 1. The van der Waals surface area contributed by atoms with Crippen molar-refractivity contribution in [3.8, 4) is 0 Å². The van der Waals surface area contributed by atoms with E-state index >= 15 is 0 Å². The molecule has 1 fully saturated rings. The average Bonchev–Trinajstić information content (AvgIpc) is 1.57. The Bertz CT molecular complexity index is 147. The summed E-state index contributed by atoms with van der Waals surface area (Å²) in [5.74, 6) is 0. The number of hydrogen-bond acceptors (Lipinski definition) is 2. The van der Waals surface area contributed by atoms with E-state index in [9.17, 15) is 4.79 Å². The summed E-state index contributed by atoms with van der Waals surface area (Å²) in [5.41, 5.74) is -0.646. The van der Waals surface area contributed by atoms with Crippen LogP contribution in [0.3, 0.4) is 0 Å². The number of hydrogen-bond donors (Lipinski definition) is 3. The third kappa shape index (κ3) is 1.60. The van der Waals surface area contributed by atoms with Gasteiger partial charge in [0.25, 0.3) is 0 Å². The van der Waals surface area contributed by atoms with Gasteiger partial charge in [0.2, 0.25) is 0 Å². The minimum absolute atomic E-state index is 0.0486. The Morgan fingerprint density at radius 1 is 1.70 bits per heavy atom. The van der Waals surface area contributed by atoms with Crippen LogP contribution in [0.5, 0.6) is 0 Å². The second-order valence-corrected chi connectivity index (χ2v) is 3.05. The Morgan fingerprint density at radius 3 is 2.50 bits per heavy atom. The van der Waals surface area contributed by atoms with Crippen LogP contribution in [0.4, 0.5) is 4.79 Å². The van der Waals surface area contributed by atoms with Crippen molar-refractivity contribution in [2.45, 2.75) is 31.4 Å². The minimum atomic E-state index is -1.01. The van der Waals surface area contributed by atoms with Gasteiger partial charge >= 0.3 is 6.09 Å². The third-order valence-electron chi connectivity index (χ3n) is 1.70. The van der Waals surface area contributed by atoms with Gasteiger partial charge < -0.3 is 15.5 Å². The molecule has 1 aliphatic carbocycles. The van der Waals surface area contributed by atoms with Crippen LogP contribution >= 0.6 is 0 Å². The lowest BCUT2D eigenvalue weighted by atomic mass is 9.77. The molecule has 0 aliphatic heterocycles. The monoisotopic (exact) mass is 145 g/mol. The zero-order valence-electron chi connectivity index (χ0n) is 5.79. The molecule has 1 rings (SSSR count). The molecule has 0 aromatic carbocycles. The summed E-state index contributed by atoms with van der Waals surface area (Å²) in [6.45, 7) is 1.70. The quantitative estimate of drug-likeness (QED) is 0.492. The highest BCUT2D eigenvalue weighted by molar-refractivity contribution is 5.65. The highest BCUT2D eigenvalue weighted by Crippen LogP contribution is 2.30. The van der Waals surface area contributed by atoms with Gasteiger partial charge in [0.05, 0.1) is 5.60 Å². The Labute approximate surface area is 58.9 Å². The third-order valence-corrected chi connectivity index (χ3v) is 1.70. The van der Waals surface area contributed by atoms with Crippen LogP contribution in [-0.4, -0.2) is 27.9 Å². The van der Waals surface area contributed by atoms with Crippen LogP contribution < -0.4 is 5.32 Å². The van der Waals surface area contributed by atoms with Crippen LogP contribution in [0.2, 0.25) is 0 Å². The lowest BCUT2D eigenvalue weighted by Gasteiger charge is -2.40. The van der Waals surface area contributed by atoms with Gasteiger partial charge in [-0.1, -0.05) is 0 Å². The molecule has 0 saturated heterocycles. The number of aliphatic hydroxyl groups is 1. The molecule has 0 atom stereocenters. The molecule has 0 heterocycles. The fraction of sp³-hybridized carbons (Fsp3) is 0.833. The first-order valence-corrected chi connectivity index (χ1v) is 3.21. The zero-order chi connectivity index (χ0) is 7.78. The Kier molecular flexibility index (Phi) is 1.56. The normalized spacial score (nSPS) is 38.4. The second kappa shape index (κ2) is 2.12. The highest BCUT2D eigenvalue weighted by Gasteiger charge is 2.38. The molecule has 0 radical (unpaired) electrons. The first-order chi connectivity index (χ1) is 4.49. The fourth-order valence-electron chi connectivity index (χ4n) is 1.28. The van der Waals surface area contributed by atoms with E-state index in [1.165, 1.54) is 0 Å². The van der Waals surface area contributed by atoms with E-state index in [-0.39, 0.29) is 6.04 Å². The van der Waals surface area contributed by atoms with Crippen LogP contribution in [-0.2, 0) is 0 Å². The molecule has 0 aromatic rings. The maximum absolute atomic E-state index is 10.0. The predicted molar refractivity (Wildman–Crippen MR) is 34.8 cm³/mol. The van der Waals surface area contributed by atoms with Crippen molar-refractivity contribution in [1.29, 1.82) is 0 Å². The van der Waals surface area contributed by atoms with E-state index in [0.29, 0.717) is 12.8 Å². The molecule has 1 saturated carbocycles. The van der Waals surface area contributed by atoms with Gasteiger partial charge in [-0.2, -0.15) is 0 Å². The summed E-state index contributed by atoms with van der Waals surface area (Å²) >= 11 is 0. The van der Waals surface area contributed by atoms with Gasteiger partial charge in [0.1, 0.15) is 0 Å². The largest absolute Gasteiger partial charge is 0.465 e. The topological polar surface area (TPSA) is 69.6 Å². The zero-order valence-corrected chi connectivity index (χ0v) is 5.79. The van der Waals surface area contributed by atoms with Gasteiger partial charge in [0.15, 0.2) is 0 Å². The van der Waals surface area contributed by atoms with E-state index in [4.69, 9.17) is 10.2 Å². The van der Waals surface area contributed by atoms with E-state index < -0.39 is 11.7 Å².